The first kappa shape index (κ1) is 28.1. The second-order valence-electron chi connectivity index (χ2n) is 10.8. The predicted octanol–water partition coefficient (Wildman–Crippen LogP) is 4.92. The number of likely N-dealkylation sites (tertiary alicyclic amines) is 1. The highest BCUT2D eigenvalue weighted by Gasteiger charge is 2.41. The van der Waals surface area contributed by atoms with E-state index in [1.54, 1.807) is 17.0 Å². The van der Waals surface area contributed by atoms with E-state index in [4.69, 9.17) is 10.5 Å². The van der Waals surface area contributed by atoms with E-state index < -0.39 is 12.1 Å². The molecule has 0 aromatic heterocycles. The number of carbonyl (C=O) groups is 3. The number of benzene rings is 3. The summed E-state index contributed by atoms with van der Waals surface area (Å²) < 4.78 is 5.16. The van der Waals surface area contributed by atoms with Crippen molar-refractivity contribution in [3.63, 3.8) is 0 Å². The summed E-state index contributed by atoms with van der Waals surface area (Å²) in [6.07, 6.45) is 3.78. The molecule has 0 radical (unpaired) electrons. The van der Waals surface area contributed by atoms with Crippen molar-refractivity contribution in [1.82, 2.24) is 10.2 Å². The van der Waals surface area contributed by atoms with Crippen molar-refractivity contribution in [2.75, 3.05) is 6.54 Å². The Morgan fingerprint density at radius 3 is 2.27 bits per heavy atom. The maximum Gasteiger partial charge on any atom is 0.435 e. The number of hydrogen-bond donors (Lipinski definition) is 2. The van der Waals surface area contributed by atoms with Gasteiger partial charge in [0.05, 0.1) is 0 Å². The van der Waals surface area contributed by atoms with Crippen LogP contribution in [0.2, 0.25) is 0 Å². The van der Waals surface area contributed by atoms with E-state index in [1.807, 2.05) is 48.5 Å². The summed E-state index contributed by atoms with van der Waals surface area (Å²) in [5.41, 5.74) is 9.60. The predicted molar refractivity (Wildman–Crippen MR) is 157 cm³/mol. The Labute approximate surface area is 240 Å². The van der Waals surface area contributed by atoms with E-state index >= 15 is 0 Å². The molecule has 3 amide bonds. The van der Waals surface area contributed by atoms with Crippen LogP contribution in [0.5, 0.6) is 0 Å². The fourth-order valence-electron chi connectivity index (χ4n) is 5.62. The monoisotopic (exact) mass is 552 g/mol. The molecular weight excluding hydrogens is 516 g/mol. The Morgan fingerprint density at radius 2 is 1.59 bits per heavy atom. The molecule has 3 aromatic carbocycles. The van der Waals surface area contributed by atoms with Gasteiger partial charge in [-0.3, -0.25) is 9.59 Å². The summed E-state index contributed by atoms with van der Waals surface area (Å²) in [4.78, 5) is 43.9. The quantitative estimate of drug-likeness (QED) is 0.304. The molecule has 1 aliphatic carbocycles. The van der Waals surface area contributed by atoms with Gasteiger partial charge in [0.1, 0.15) is 18.5 Å². The minimum absolute atomic E-state index is 0.0279. The highest BCUT2D eigenvalue weighted by Crippen LogP contribution is 2.38. The lowest BCUT2D eigenvalue weighted by Crippen LogP contribution is -2.59. The first-order chi connectivity index (χ1) is 20.0. The van der Waals surface area contributed by atoms with E-state index in [1.165, 1.54) is 5.56 Å². The van der Waals surface area contributed by atoms with Gasteiger partial charge in [-0.2, -0.15) is 4.99 Å². The smallest absolute Gasteiger partial charge is 0.435 e. The fourth-order valence-corrected chi connectivity index (χ4v) is 5.62. The number of nitrogens with zero attached hydrogens (tertiary/aromatic N) is 2. The van der Waals surface area contributed by atoms with Gasteiger partial charge < -0.3 is 20.7 Å². The Hall–Kier alpha value is -4.46. The first-order valence-electron chi connectivity index (χ1n) is 14.2. The second-order valence-corrected chi connectivity index (χ2v) is 10.8. The maximum atomic E-state index is 13.3. The molecule has 41 heavy (non-hydrogen) atoms. The lowest BCUT2D eigenvalue weighted by molar-refractivity contribution is -0.151. The van der Waals surface area contributed by atoms with E-state index in [0.717, 1.165) is 36.8 Å². The summed E-state index contributed by atoms with van der Waals surface area (Å²) in [6, 6.07) is 26.5. The molecule has 212 valence electrons. The molecule has 1 saturated heterocycles. The standard InChI is InChI=1S/C33H36N4O4/c34-30(36-33(40)41-22-24-8-3-1-4-9-24)26-16-14-23(15-17-26)21-35-31(38)29-18-19-37(29)32(39)28-13-7-12-27(20-28)25-10-5-2-6-11-25/h1-6,8-11,14-17,27-29H,7,12-13,18-22H2,(H,35,38)(H2,34,36,40)/t27-,28+,29-/m0/s1. The van der Waals surface area contributed by atoms with E-state index in [0.29, 0.717) is 31.0 Å². The van der Waals surface area contributed by atoms with Crippen LogP contribution in [0.15, 0.2) is 89.9 Å². The summed E-state index contributed by atoms with van der Waals surface area (Å²) >= 11 is 0. The fraction of sp³-hybridized carbons (Fsp3) is 0.333. The van der Waals surface area contributed by atoms with Crippen LogP contribution >= 0.6 is 0 Å². The van der Waals surface area contributed by atoms with Gasteiger partial charge in [-0.25, -0.2) is 4.79 Å². The number of aliphatic imine (C=N–C) groups is 1. The van der Waals surface area contributed by atoms with Gasteiger partial charge in [0, 0.05) is 24.6 Å². The number of hydrogen-bond acceptors (Lipinski definition) is 4. The molecule has 0 spiro atoms. The Morgan fingerprint density at radius 1 is 0.878 bits per heavy atom. The highest BCUT2D eigenvalue weighted by molar-refractivity contribution is 6.02. The van der Waals surface area contributed by atoms with Crippen LogP contribution in [-0.4, -0.2) is 41.2 Å². The third kappa shape index (κ3) is 7.20. The van der Waals surface area contributed by atoms with Crippen molar-refractivity contribution in [2.24, 2.45) is 16.6 Å². The summed E-state index contributed by atoms with van der Waals surface area (Å²) in [6.45, 7) is 1.08. The van der Waals surface area contributed by atoms with Gasteiger partial charge in [-0.1, -0.05) is 91.3 Å². The molecule has 5 rings (SSSR count). The van der Waals surface area contributed by atoms with Gasteiger partial charge in [-0.15, -0.1) is 0 Å². The zero-order valence-electron chi connectivity index (χ0n) is 23.1. The topological polar surface area (TPSA) is 114 Å². The maximum absolute atomic E-state index is 13.3. The van der Waals surface area contributed by atoms with Crippen LogP contribution in [0.1, 0.15) is 60.3 Å². The molecule has 3 aromatic rings. The van der Waals surface area contributed by atoms with Crippen molar-refractivity contribution in [2.45, 2.75) is 57.2 Å². The molecule has 3 atom stereocenters. The zero-order valence-corrected chi connectivity index (χ0v) is 23.1. The van der Waals surface area contributed by atoms with Gasteiger partial charge >= 0.3 is 6.09 Å². The molecule has 1 aliphatic heterocycles. The molecule has 2 fully saturated rings. The highest BCUT2D eigenvalue weighted by atomic mass is 16.5. The van der Waals surface area contributed by atoms with Crippen LogP contribution in [0.3, 0.4) is 0 Å². The number of amides is 3. The van der Waals surface area contributed by atoms with Crippen molar-refractivity contribution in [3.8, 4) is 0 Å². The van der Waals surface area contributed by atoms with E-state index in [2.05, 4.69) is 34.6 Å². The average Bonchev–Trinajstić information content (AvgIpc) is 2.99. The van der Waals surface area contributed by atoms with Gasteiger partial charge in [0.15, 0.2) is 0 Å². The molecule has 0 bridgehead atoms. The van der Waals surface area contributed by atoms with Crippen LogP contribution < -0.4 is 11.1 Å². The third-order valence-electron chi connectivity index (χ3n) is 8.03. The lowest BCUT2D eigenvalue weighted by Gasteiger charge is -2.43. The molecule has 0 unspecified atom stereocenters. The Bertz CT molecular complexity index is 1380. The zero-order chi connectivity index (χ0) is 28.6. The Kier molecular flexibility index (Phi) is 9.08. The number of rotatable bonds is 8. The number of amidine groups is 1. The number of nitrogens with two attached hydrogens (primary N) is 1. The lowest BCUT2D eigenvalue weighted by atomic mass is 9.77. The summed E-state index contributed by atoms with van der Waals surface area (Å²) in [5.74, 6) is 0.401. The van der Waals surface area contributed by atoms with Gasteiger partial charge in [0.2, 0.25) is 11.8 Å². The van der Waals surface area contributed by atoms with Crippen LogP contribution in [-0.2, 0) is 27.5 Å². The Balaban J connectivity index is 1.09. The summed E-state index contributed by atoms with van der Waals surface area (Å²) in [7, 11) is 0. The average molecular weight is 553 g/mol. The summed E-state index contributed by atoms with van der Waals surface area (Å²) in [5, 5.41) is 2.97. The van der Waals surface area contributed by atoms with Crippen molar-refractivity contribution in [3.05, 3.63) is 107 Å². The third-order valence-corrected chi connectivity index (χ3v) is 8.03. The van der Waals surface area contributed by atoms with Crippen LogP contribution in [0, 0.1) is 5.92 Å². The molecule has 1 saturated carbocycles. The molecule has 1 heterocycles. The van der Waals surface area contributed by atoms with Crippen molar-refractivity contribution >= 4 is 23.7 Å². The molecular formula is C33H36N4O4. The van der Waals surface area contributed by atoms with Crippen LogP contribution in [0.25, 0.3) is 0 Å². The van der Waals surface area contributed by atoms with Crippen LogP contribution in [0.4, 0.5) is 4.79 Å². The van der Waals surface area contributed by atoms with Crippen molar-refractivity contribution in [1.29, 1.82) is 0 Å². The molecule has 8 heteroatoms. The molecule has 8 nitrogen and oxygen atoms in total. The molecule has 2 aliphatic rings. The second kappa shape index (κ2) is 13.3. The van der Waals surface area contributed by atoms with Gasteiger partial charge in [-0.05, 0) is 48.3 Å². The SMILES string of the molecule is NC(=NC(=O)OCc1ccccc1)c1ccc(CNC(=O)[C@@H]2CCN2C(=O)[C@@H]2CCC[C@H](c3ccccc3)C2)cc1. The molecule has 3 N–H and O–H groups in total. The van der Waals surface area contributed by atoms with Crippen molar-refractivity contribution < 1.29 is 19.1 Å². The number of carbonyl (C=O) groups excluding carboxylic acids is 3. The number of nitrogens with one attached hydrogen (secondary N) is 1. The van der Waals surface area contributed by atoms with E-state index in [9.17, 15) is 14.4 Å². The number of ether oxygens (including phenoxy) is 1. The first-order valence-corrected chi connectivity index (χ1v) is 14.2. The normalized spacial score (nSPS) is 20.5. The largest absolute Gasteiger partial charge is 0.443 e. The van der Waals surface area contributed by atoms with E-state index in [-0.39, 0.29) is 30.2 Å². The van der Waals surface area contributed by atoms with Gasteiger partial charge in [0.25, 0.3) is 0 Å². The minimum Gasteiger partial charge on any atom is -0.443 e. The minimum atomic E-state index is -0.758.